The largest absolute Gasteiger partial charge is 0.490 e. The molecule has 1 aliphatic carbocycles. The molecule has 2 N–H and O–H groups in total. The Hall–Kier alpha value is -1.35. The third kappa shape index (κ3) is 6.95. The zero-order valence-corrected chi connectivity index (χ0v) is 19.2. The molecule has 0 radical (unpaired) electrons. The lowest BCUT2D eigenvalue weighted by atomic mass is 9.96. The lowest BCUT2D eigenvalue weighted by Crippen LogP contribution is -2.38. The summed E-state index contributed by atoms with van der Waals surface area (Å²) in [7, 11) is 0. The van der Waals surface area contributed by atoms with Crippen LogP contribution in [-0.4, -0.2) is 30.1 Å². The van der Waals surface area contributed by atoms with E-state index in [-0.39, 0.29) is 24.0 Å². The number of aryl methyl sites for hydroxylation is 1. The molecule has 0 amide bonds. The van der Waals surface area contributed by atoms with Crippen LogP contribution < -0.4 is 15.4 Å². The van der Waals surface area contributed by atoms with Gasteiger partial charge in [0.05, 0.1) is 17.7 Å². The van der Waals surface area contributed by atoms with Crippen molar-refractivity contribution in [2.45, 2.75) is 52.2 Å². The van der Waals surface area contributed by atoms with Crippen molar-refractivity contribution in [1.82, 2.24) is 15.6 Å². The number of rotatable bonds is 8. The van der Waals surface area contributed by atoms with Crippen LogP contribution in [-0.2, 0) is 13.0 Å². The summed E-state index contributed by atoms with van der Waals surface area (Å²) < 4.78 is 6.10. The van der Waals surface area contributed by atoms with Crippen LogP contribution in [0.25, 0.3) is 0 Å². The van der Waals surface area contributed by atoms with Crippen molar-refractivity contribution in [3.63, 3.8) is 0 Å². The number of aliphatic imine (C=N–C) groups is 1. The summed E-state index contributed by atoms with van der Waals surface area (Å²) in [4.78, 5) is 10.4. The van der Waals surface area contributed by atoms with E-state index in [2.05, 4.69) is 35.5 Å². The monoisotopic (exact) mass is 500 g/mol. The minimum atomic E-state index is 0. The Kier molecular flexibility index (Phi) is 9.33. The zero-order valence-electron chi connectivity index (χ0n) is 16.0. The molecule has 1 aromatic heterocycles. The number of hydrogen-bond acceptors (Lipinski definition) is 4. The van der Waals surface area contributed by atoms with Crippen LogP contribution in [0.4, 0.5) is 0 Å². The Morgan fingerprint density at radius 1 is 1.30 bits per heavy atom. The van der Waals surface area contributed by atoms with Gasteiger partial charge in [0, 0.05) is 36.1 Å². The van der Waals surface area contributed by atoms with Crippen molar-refractivity contribution >= 4 is 41.3 Å². The van der Waals surface area contributed by atoms with Gasteiger partial charge in [-0.3, -0.25) is 0 Å². The van der Waals surface area contributed by atoms with Gasteiger partial charge < -0.3 is 15.4 Å². The Balaban J connectivity index is 0.00000261. The quantitative estimate of drug-likeness (QED) is 0.323. The van der Waals surface area contributed by atoms with Crippen molar-refractivity contribution in [3.05, 3.63) is 45.9 Å². The first-order valence-electron chi connectivity index (χ1n) is 9.42. The molecule has 1 fully saturated rings. The highest BCUT2D eigenvalue weighted by molar-refractivity contribution is 14.0. The topological polar surface area (TPSA) is 58.5 Å². The summed E-state index contributed by atoms with van der Waals surface area (Å²) in [6.45, 7) is 6.42. The number of hydrogen-bond donors (Lipinski definition) is 2. The first-order valence-corrected chi connectivity index (χ1v) is 10.2. The fraction of sp³-hybridized carbons (Fsp3) is 0.500. The summed E-state index contributed by atoms with van der Waals surface area (Å²) >= 11 is 1.75. The van der Waals surface area contributed by atoms with Crippen LogP contribution >= 0.6 is 35.3 Å². The molecule has 1 saturated carbocycles. The summed E-state index contributed by atoms with van der Waals surface area (Å²) in [5.41, 5.74) is 1.13. The smallest absolute Gasteiger partial charge is 0.191 e. The first-order chi connectivity index (χ1) is 12.7. The van der Waals surface area contributed by atoms with Gasteiger partial charge in [-0.1, -0.05) is 18.2 Å². The molecule has 2 aromatic rings. The number of ether oxygens (including phenoxy) is 1. The van der Waals surface area contributed by atoms with Crippen LogP contribution in [0.2, 0.25) is 0 Å². The van der Waals surface area contributed by atoms with E-state index in [1.165, 1.54) is 11.3 Å². The van der Waals surface area contributed by atoms with Gasteiger partial charge in [-0.15, -0.1) is 35.3 Å². The molecular formula is C20H29IN4OS. The number of para-hydroxylation sites is 1. The van der Waals surface area contributed by atoms with E-state index < -0.39 is 0 Å². The van der Waals surface area contributed by atoms with Gasteiger partial charge in [-0.25, -0.2) is 9.98 Å². The van der Waals surface area contributed by atoms with Gasteiger partial charge >= 0.3 is 0 Å². The standard InChI is InChI=1S/C20H28N4OS.HI/c1-3-21-20(22-12-11-19-23-13-15(2)26-19)24-14-16-7-4-5-10-18(16)25-17-8-6-9-17;/h4-5,7,10,13,17H,3,6,8-9,11-12,14H2,1-2H3,(H2,21,22,24);1H. The van der Waals surface area contributed by atoms with Gasteiger partial charge in [0.15, 0.2) is 5.96 Å². The van der Waals surface area contributed by atoms with E-state index in [1.807, 2.05) is 24.4 Å². The zero-order chi connectivity index (χ0) is 18.2. The van der Waals surface area contributed by atoms with Crippen molar-refractivity contribution in [3.8, 4) is 5.75 Å². The van der Waals surface area contributed by atoms with Crippen LogP contribution in [0.1, 0.15) is 41.6 Å². The normalized spacial score (nSPS) is 14.2. The maximum Gasteiger partial charge on any atom is 0.191 e. The SMILES string of the molecule is CCNC(=NCc1ccccc1OC1CCC1)NCCc1ncc(C)s1.I. The Bertz CT molecular complexity index is 730. The van der Waals surface area contributed by atoms with Gasteiger partial charge in [-0.05, 0) is 39.2 Å². The van der Waals surface area contributed by atoms with E-state index in [0.717, 1.165) is 54.6 Å². The molecule has 1 aliphatic rings. The second-order valence-corrected chi connectivity index (χ2v) is 7.83. The summed E-state index contributed by atoms with van der Waals surface area (Å²) in [5.74, 6) is 1.80. The number of aromatic nitrogens is 1. The maximum absolute atomic E-state index is 6.10. The van der Waals surface area contributed by atoms with Crippen molar-refractivity contribution < 1.29 is 4.74 Å². The van der Waals surface area contributed by atoms with Crippen LogP contribution in [0.15, 0.2) is 35.5 Å². The molecule has 0 saturated heterocycles. The molecule has 0 atom stereocenters. The van der Waals surface area contributed by atoms with Gasteiger partial charge in [0.2, 0.25) is 0 Å². The average molecular weight is 500 g/mol. The fourth-order valence-electron chi connectivity index (χ4n) is 2.73. The van der Waals surface area contributed by atoms with E-state index in [0.29, 0.717) is 12.6 Å². The molecule has 27 heavy (non-hydrogen) atoms. The predicted molar refractivity (Wildman–Crippen MR) is 123 cm³/mol. The van der Waals surface area contributed by atoms with Gasteiger partial charge in [-0.2, -0.15) is 0 Å². The highest BCUT2D eigenvalue weighted by Gasteiger charge is 2.20. The van der Waals surface area contributed by atoms with Crippen LogP contribution in [0.3, 0.4) is 0 Å². The van der Waals surface area contributed by atoms with Crippen molar-refractivity contribution in [2.75, 3.05) is 13.1 Å². The number of nitrogens with one attached hydrogen (secondary N) is 2. The first kappa shape index (κ1) is 21.9. The molecule has 3 rings (SSSR count). The third-order valence-electron chi connectivity index (χ3n) is 4.37. The molecule has 1 aromatic carbocycles. The van der Waals surface area contributed by atoms with E-state index in [9.17, 15) is 0 Å². The lowest BCUT2D eigenvalue weighted by Gasteiger charge is -2.27. The Morgan fingerprint density at radius 2 is 2.11 bits per heavy atom. The minimum Gasteiger partial charge on any atom is -0.490 e. The molecular weight excluding hydrogens is 471 g/mol. The van der Waals surface area contributed by atoms with Crippen LogP contribution in [0, 0.1) is 6.92 Å². The highest BCUT2D eigenvalue weighted by atomic mass is 127. The molecule has 7 heteroatoms. The summed E-state index contributed by atoms with van der Waals surface area (Å²) in [5, 5.41) is 7.86. The molecule has 148 valence electrons. The van der Waals surface area contributed by atoms with Crippen molar-refractivity contribution in [1.29, 1.82) is 0 Å². The second kappa shape index (κ2) is 11.5. The number of benzene rings is 1. The number of thiazole rings is 1. The maximum atomic E-state index is 6.10. The second-order valence-electron chi connectivity index (χ2n) is 6.52. The lowest BCUT2D eigenvalue weighted by molar-refractivity contribution is 0.119. The minimum absolute atomic E-state index is 0. The van der Waals surface area contributed by atoms with Gasteiger partial charge in [0.25, 0.3) is 0 Å². The summed E-state index contributed by atoms with van der Waals surface area (Å²) in [6.07, 6.45) is 6.82. The molecule has 0 bridgehead atoms. The van der Waals surface area contributed by atoms with Crippen LogP contribution in [0.5, 0.6) is 5.75 Å². The highest BCUT2D eigenvalue weighted by Crippen LogP contribution is 2.27. The molecule has 0 aliphatic heterocycles. The van der Waals surface area contributed by atoms with E-state index >= 15 is 0 Å². The third-order valence-corrected chi connectivity index (χ3v) is 5.34. The molecule has 1 heterocycles. The molecule has 0 spiro atoms. The number of nitrogens with zero attached hydrogens (tertiary/aromatic N) is 2. The van der Waals surface area contributed by atoms with E-state index in [4.69, 9.17) is 9.73 Å². The van der Waals surface area contributed by atoms with E-state index in [1.54, 1.807) is 11.3 Å². The number of halogens is 1. The van der Waals surface area contributed by atoms with Crippen molar-refractivity contribution in [2.24, 2.45) is 4.99 Å². The fourth-order valence-corrected chi connectivity index (χ4v) is 3.52. The summed E-state index contributed by atoms with van der Waals surface area (Å²) in [6, 6.07) is 8.22. The Morgan fingerprint density at radius 3 is 2.78 bits per heavy atom. The Labute approximate surface area is 183 Å². The van der Waals surface area contributed by atoms with Gasteiger partial charge in [0.1, 0.15) is 5.75 Å². The number of guanidine groups is 1. The molecule has 5 nitrogen and oxygen atoms in total. The predicted octanol–water partition coefficient (Wildman–Crippen LogP) is 4.30. The average Bonchev–Trinajstić information content (AvgIpc) is 3.02. The molecule has 0 unspecified atom stereocenters.